The highest BCUT2D eigenvalue weighted by atomic mass is 16.5. The summed E-state index contributed by atoms with van der Waals surface area (Å²) in [5.74, 6) is 1.63. The molecule has 0 radical (unpaired) electrons. The van der Waals surface area contributed by atoms with E-state index in [1.165, 1.54) is 6.42 Å². The van der Waals surface area contributed by atoms with Crippen LogP contribution in [-0.4, -0.2) is 63.4 Å². The summed E-state index contributed by atoms with van der Waals surface area (Å²) in [5, 5.41) is 8.64. The van der Waals surface area contributed by atoms with Crippen molar-refractivity contribution in [3.8, 4) is 17.1 Å². The van der Waals surface area contributed by atoms with Gasteiger partial charge in [0.25, 0.3) is 0 Å². The largest absolute Gasteiger partial charge is 0.475 e. The van der Waals surface area contributed by atoms with Gasteiger partial charge in [-0.25, -0.2) is 9.97 Å². The number of H-pyrrole nitrogens is 1. The Morgan fingerprint density at radius 1 is 1.24 bits per heavy atom. The van der Waals surface area contributed by atoms with E-state index in [0.29, 0.717) is 11.9 Å². The van der Waals surface area contributed by atoms with Crippen molar-refractivity contribution in [2.24, 2.45) is 0 Å². The van der Waals surface area contributed by atoms with E-state index in [2.05, 4.69) is 49.9 Å². The third kappa shape index (κ3) is 4.05. The highest BCUT2D eigenvalue weighted by Gasteiger charge is 2.27. The molecule has 154 valence electrons. The fourth-order valence-corrected chi connectivity index (χ4v) is 4.15. The van der Waals surface area contributed by atoms with Crippen molar-refractivity contribution in [2.45, 2.75) is 46.3 Å². The molecule has 1 aliphatic heterocycles. The number of nitrogens with one attached hydrogen (secondary N) is 1. The number of ether oxygens (including phenoxy) is 1. The van der Waals surface area contributed by atoms with Crippen molar-refractivity contribution < 1.29 is 4.74 Å². The number of anilines is 1. The lowest BCUT2D eigenvalue weighted by molar-refractivity contribution is 0.232. The number of fused-ring (bicyclic) bond motifs is 1. The van der Waals surface area contributed by atoms with Crippen molar-refractivity contribution in [2.75, 3.05) is 31.1 Å². The molecule has 7 nitrogen and oxygen atoms in total. The molecule has 0 aliphatic carbocycles. The second-order valence-electron chi connectivity index (χ2n) is 7.82. The van der Waals surface area contributed by atoms with Gasteiger partial charge in [-0.1, -0.05) is 13.8 Å². The highest BCUT2D eigenvalue weighted by Crippen LogP contribution is 2.31. The summed E-state index contributed by atoms with van der Waals surface area (Å²) in [5.41, 5.74) is 2.85. The topological polar surface area (TPSA) is 70.2 Å². The third-order valence-electron chi connectivity index (χ3n) is 5.61. The molecule has 4 rings (SSSR count). The molecule has 1 atom stereocenters. The second kappa shape index (κ2) is 8.37. The van der Waals surface area contributed by atoms with Crippen LogP contribution >= 0.6 is 0 Å². The number of aromatic amines is 1. The number of pyridine rings is 2. The van der Waals surface area contributed by atoms with Crippen molar-refractivity contribution in [3.63, 3.8) is 0 Å². The zero-order chi connectivity index (χ0) is 20.4. The molecule has 4 heterocycles. The Balaban J connectivity index is 1.61. The van der Waals surface area contributed by atoms with E-state index >= 15 is 0 Å². The molecule has 3 aromatic rings. The predicted octanol–water partition coefficient (Wildman–Crippen LogP) is 3.73. The molecule has 1 aliphatic rings. The fraction of sp³-hybridized carbons (Fsp3) is 0.500. The lowest BCUT2D eigenvalue weighted by Crippen LogP contribution is -2.37. The standard InChI is InChI=1S/C22H30N6O/c1-5-27(6-2)17-8-10-28(14-17)20-11-16(7-9-23-20)22-18-12-21(29-15(3)4)24-13-19(18)25-26-22/h7,9,11-13,15,17H,5-6,8,10,14H2,1-4H3,(H,25,26). The number of aromatic nitrogens is 4. The minimum absolute atomic E-state index is 0.0803. The maximum Gasteiger partial charge on any atom is 0.214 e. The van der Waals surface area contributed by atoms with Gasteiger partial charge >= 0.3 is 0 Å². The maximum atomic E-state index is 5.76. The highest BCUT2D eigenvalue weighted by molar-refractivity contribution is 5.93. The monoisotopic (exact) mass is 394 g/mol. The van der Waals surface area contributed by atoms with Gasteiger partial charge in [0.15, 0.2) is 0 Å². The van der Waals surface area contributed by atoms with E-state index in [1.807, 2.05) is 32.2 Å². The average molecular weight is 395 g/mol. The Morgan fingerprint density at radius 3 is 2.83 bits per heavy atom. The summed E-state index contributed by atoms with van der Waals surface area (Å²) < 4.78 is 5.76. The van der Waals surface area contributed by atoms with Gasteiger partial charge in [0.1, 0.15) is 11.5 Å². The van der Waals surface area contributed by atoms with Gasteiger partial charge < -0.3 is 9.64 Å². The first-order valence-electron chi connectivity index (χ1n) is 10.5. The molecule has 0 aromatic carbocycles. The molecule has 0 saturated carbocycles. The third-order valence-corrected chi connectivity index (χ3v) is 5.61. The number of hydrogen-bond acceptors (Lipinski definition) is 6. The first-order valence-corrected chi connectivity index (χ1v) is 10.5. The molecule has 3 aromatic heterocycles. The molecule has 1 fully saturated rings. The zero-order valence-electron chi connectivity index (χ0n) is 17.7. The Bertz CT molecular complexity index is 965. The van der Waals surface area contributed by atoms with Crippen molar-refractivity contribution in [3.05, 3.63) is 30.6 Å². The van der Waals surface area contributed by atoms with E-state index in [0.717, 1.165) is 54.2 Å². The smallest absolute Gasteiger partial charge is 0.214 e. The van der Waals surface area contributed by atoms with Crippen molar-refractivity contribution >= 4 is 16.7 Å². The molecule has 29 heavy (non-hydrogen) atoms. The summed E-state index contributed by atoms with van der Waals surface area (Å²) in [6.07, 6.45) is 4.92. The molecule has 0 bridgehead atoms. The Hall–Kier alpha value is -2.67. The van der Waals surface area contributed by atoms with Gasteiger partial charge in [-0.05, 0) is 45.5 Å². The average Bonchev–Trinajstić information content (AvgIpc) is 3.36. The molecule has 0 amide bonds. The van der Waals surface area contributed by atoms with Crippen LogP contribution in [0.25, 0.3) is 22.2 Å². The zero-order valence-corrected chi connectivity index (χ0v) is 17.7. The summed E-state index contributed by atoms with van der Waals surface area (Å²) in [7, 11) is 0. The van der Waals surface area contributed by atoms with Gasteiger partial charge in [0, 0.05) is 42.3 Å². The van der Waals surface area contributed by atoms with Gasteiger partial charge in [0.05, 0.1) is 17.8 Å². The molecule has 1 unspecified atom stereocenters. The molecular formula is C22H30N6O. The van der Waals surface area contributed by atoms with Crippen LogP contribution in [0.5, 0.6) is 5.88 Å². The lowest BCUT2D eigenvalue weighted by atomic mass is 10.1. The number of rotatable bonds is 7. The van der Waals surface area contributed by atoms with Crippen LogP contribution in [-0.2, 0) is 0 Å². The number of nitrogens with zero attached hydrogens (tertiary/aromatic N) is 5. The van der Waals surface area contributed by atoms with Gasteiger partial charge in [0.2, 0.25) is 5.88 Å². The second-order valence-corrected chi connectivity index (χ2v) is 7.82. The van der Waals surface area contributed by atoms with Crippen molar-refractivity contribution in [1.82, 2.24) is 25.1 Å². The van der Waals surface area contributed by atoms with Crippen LogP contribution in [0.2, 0.25) is 0 Å². The lowest BCUT2D eigenvalue weighted by Gasteiger charge is -2.26. The minimum atomic E-state index is 0.0803. The van der Waals surface area contributed by atoms with E-state index < -0.39 is 0 Å². The summed E-state index contributed by atoms with van der Waals surface area (Å²) in [4.78, 5) is 13.9. The summed E-state index contributed by atoms with van der Waals surface area (Å²) in [6, 6.07) is 6.72. The minimum Gasteiger partial charge on any atom is -0.475 e. The molecule has 1 N–H and O–H groups in total. The Labute approximate surface area is 172 Å². The first kappa shape index (κ1) is 19.6. The van der Waals surface area contributed by atoms with Crippen LogP contribution < -0.4 is 9.64 Å². The molecular weight excluding hydrogens is 364 g/mol. The van der Waals surface area contributed by atoms with E-state index in [1.54, 1.807) is 6.20 Å². The summed E-state index contributed by atoms with van der Waals surface area (Å²) in [6.45, 7) is 12.7. The van der Waals surface area contributed by atoms with Gasteiger partial charge in [-0.2, -0.15) is 5.10 Å². The predicted molar refractivity (Wildman–Crippen MR) is 116 cm³/mol. The van der Waals surface area contributed by atoms with Crippen molar-refractivity contribution in [1.29, 1.82) is 0 Å². The summed E-state index contributed by atoms with van der Waals surface area (Å²) >= 11 is 0. The molecule has 0 spiro atoms. The number of hydrogen-bond donors (Lipinski definition) is 1. The number of likely N-dealkylation sites (N-methyl/N-ethyl adjacent to an activating group) is 1. The van der Waals surface area contributed by atoms with Crippen LogP contribution in [0, 0.1) is 0 Å². The SMILES string of the molecule is CCN(CC)C1CCN(c2cc(-c3n[nH]c4cnc(OC(C)C)cc34)ccn2)C1. The van der Waals surface area contributed by atoms with E-state index in [9.17, 15) is 0 Å². The van der Waals surface area contributed by atoms with E-state index in [-0.39, 0.29) is 6.10 Å². The quantitative estimate of drug-likeness (QED) is 0.658. The molecule has 7 heteroatoms. The van der Waals surface area contributed by atoms with Crippen LogP contribution in [0.15, 0.2) is 30.6 Å². The van der Waals surface area contributed by atoms with E-state index in [4.69, 9.17) is 4.74 Å². The van der Waals surface area contributed by atoms with Crippen LogP contribution in [0.1, 0.15) is 34.1 Å². The van der Waals surface area contributed by atoms with Gasteiger partial charge in [-0.15, -0.1) is 0 Å². The maximum absolute atomic E-state index is 5.76. The normalized spacial score (nSPS) is 17.0. The van der Waals surface area contributed by atoms with Gasteiger partial charge in [-0.3, -0.25) is 10.00 Å². The van der Waals surface area contributed by atoms with Crippen LogP contribution in [0.4, 0.5) is 5.82 Å². The Morgan fingerprint density at radius 2 is 2.07 bits per heavy atom. The van der Waals surface area contributed by atoms with Crippen LogP contribution in [0.3, 0.4) is 0 Å². The molecule has 1 saturated heterocycles. The fourth-order valence-electron chi connectivity index (χ4n) is 4.15. The Kier molecular flexibility index (Phi) is 5.67. The first-order chi connectivity index (χ1) is 14.1.